The van der Waals surface area contributed by atoms with Crippen molar-refractivity contribution in [1.29, 1.82) is 0 Å². The summed E-state index contributed by atoms with van der Waals surface area (Å²) >= 11 is 0. The highest BCUT2D eigenvalue weighted by Crippen LogP contribution is 2.19. The van der Waals surface area contributed by atoms with Gasteiger partial charge in [-0.25, -0.2) is 4.79 Å². The fourth-order valence-electron chi connectivity index (χ4n) is 2.07. The molecule has 1 amide bonds. The summed E-state index contributed by atoms with van der Waals surface area (Å²) in [6.45, 7) is 1.75. The van der Waals surface area contributed by atoms with Gasteiger partial charge in [0.2, 0.25) is 0 Å². The first-order chi connectivity index (χ1) is 13.0. The van der Waals surface area contributed by atoms with Crippen LogP contribution in [0.15, 0.2) is 54.6 Å². The Balaban J connectivity index is 1.86. The van der Waals surface area contributed by atoms with Gasteiger partial charge in [0.25, 0.3) is 11.6 Å². The van der Waals surface area contributed by atoms with E-state index in [-0.39, 0.29) is 18.0 Å². The zero-order valence-electron chi connectivity index (χ0n) is 14.6. The molecule has 0 atom stereocenters. The molecule has 8 nitrogen and oxygen atoms in total. The van der Waals surface area contributed by atoms with Crippen LogP contribution in [0.1, 0.15) is 12.5 Å². The first-order valence-electron chi connectivity index (χ1n) is 8.10. The van der Waals surface area contributed by atoms with Crippen LogP contribution in [0.4, 0.5) is 11.4 Å². The molecule has 1 N–H and O–H groups in total. The van der Waals surface area contributed by atoms with E-state index < -0.39 is 16.8 Å². The number of nitro benzene ring substituents is 1. The summed E-state index contributed by atoms with van der Waals surface area (Å²) in [5.74, 6) is -0.594. The topological polar surface area (TPSA) is 108 Å². The number of hydrogen-bond acceptors (Lipinski definition) is 6. The minimum atomic E-state index is -0.537. The van der Waals surface area contributed by atoms with Crippen LogP contribution in [0.2, 0.25) is 0 Å². The van der Waals surface area contributed by atoms with Gasteiger partial charge in [-0.15, -0.1) is 0 Å². The minimum absolute atomic E-state index is 0.112. The Morgan fingerprint density at radius 3 is 2.59 bits per heavy atom. The van der Waals surface area contributed by atoms with Crippen molar-refractivity contribution in [3.05, 3.63) is 70.3 Å². The standard InChI is InChI=1S/C19H18N2O6/c1-2-26-19(23)11-8-14-6-9-15(10-7-14)20-18(22)13-27-17-5-3-4-16(12-17)21(24)25/h3-12H,2,13H2,1H3,(H,20,22)/b11-8+. The smallest absolute Gasteiger partial charge is 0.330 e. The molecule has 0 aliphatic heterocycles. The van der Waals surface area contributed by atoms with Crippen LogP contribution in [0.5, 0.6) is 5.75 Å². The number of rotatable bonds is 8. The zero-order valence-corrected chi connectivity index (χ0v) is 14.6. The molecule has 2 aromatic carbocycles. The first-order valence-corrected chi connectivity index (χ1v) is 8.10. The van der Waals surface area contributed by atoms with Crippen LogP contribution in [0.25, 0.3) is 6.08 Å². The Bertz CT molecular complexity index is 846. The summed E-state index contributed by atoms with van der Waals surface area (Å²) in [5.41, 5.74) is 1.21. The maximum atomic E-state index is 11.9. The normalized spacial score (nSPS) is 10.4. The molecule has 2 rings (SSSR count). The van der Waals surface area contributed by atoms with Crippen LogP contribution in [-0.4, -0.2) is 30.0 Å². The van der Waals surface area contributed by atoms with Gasteiger partial charge in [-0.2, -0.15) is 0 Å². The highest BCUT2D eigenvalue weighted by atomic mass is 16.6. The van der Waals surface area contributed by atoms with Crippen LogP contribution < -0.4 is 10.1 Å². The van der Waals surface area contributed by atoms with Gasteiger partial charge < -0.3 is 14.8 Å². The molecule has 0 saturated heterocycles. The number of non-ortho nitro benzene ring substituents is 1. The van der Waals surface area contributed by atoms with Crippen molar-refractivity contribution in [2.45, 2.75) is 6.92 Å². The third-order valence-electron chi connectivity index (χ3n) is 3.29. The Kier molecular flexibility index (Phi) is 7.07. The summed E-state index contributed by atoms with van der Waals surface area (Å²) in [7, 11) is 0. The van der Waals surface area contributed by atoms with Gasteiger partial charge in [-0.3, -0.25) is 14.9 Å². The highest BCUT2D eigenvalue weighted by Gasteiger charge is 2.08. The average molecular weight is 370 g/mol. The number of hydrogen-bond donors (Lipinski definition) is 1. The van der Waals surface area contributed by atoms with E-state index in [0.29, 0.717) is 12.3 Å². The Morgan fingerprint density at radius 2 is 1.93 bits per heavy atom. The molecule has 0 heterocycles. The summed E-state index contributed by atoms with van der Waals surface area (Å²) in [5, 5.41) is 13.4. The number of carbonyl (C=O) groups excluding carboxylic acids is 2. The molecule has 27 heavy (non-hydrogen) atoms. The number of anilines is 1. The summed E-state index contributed by atoms with van der Waals surface area (Å²) in [6, 6.07) is 12.4. The molecule has 0 saturated carbocycles. The van der Waals surface area contributed by atoms with Crippen LogP contribution in [0, 0.1) is 10.1 Å². The fraction of sp³-hybridized carbons (Fsp3) is 0.158. The van der Waals surface area contributed by atoms with E-state index >= 15 is 0 Å². The maximum absolute atomic E-state index is 11.9. The molecule has 0 spiro atoms. The van der Waals surface area contributed by atoms with Gasteiger partial charge in [0.05, 0.1) is 17.6 Å². The van der Waals surface area contributed by atoms with Crippen LogP contribution in [0.3, 0.4) is 0 Å². The molecule has 2 aromatic rings. The van der Waals surface area contributed by atoms with Crippen LogP contribution in [-0.2, 0) is 14.3 Å². The molecule has 0 bridgehead atoms. The van der Waals surface area contributed by atoms with Crippen molar-refractivity contribution >= 4 is 29.3 Å². The lowest BCUT2D eigenvalue weighted by molar-refractivity contribution is -0.384. The second-order valence-electron chi connectivity index (χ2n) is 5.30. The van der Waals surface area contributed by atoms with E-state index in [4.69, 9.17) is 9.47 Å². The molecule has 0 aliphatic rings. The first kappa shape index (κ1) is 19.6. The number of esters is 1. The van der Waals surface area contributed by atoms with Gasteiger partial charge in [-0.1, -0.05) is 18.2 Å². The zero-order chi connectivity index (χ0) is 19.6. The lowest BCUT2D eigenvalue weighted by Gasteiger charge is -2.07. The second-order valence-corrected chi connectivity index (χ2v) is 5.30. The molecule has 0 unspecified atom stereocenters. The fourth-order valence-corrected chi connectivity index (χ4v) is 2.07. The molecular weight excluding hydrogens is 352 g/mol. The van der Waals surface area contributed by atoms with E-state index in [2.05, 4.69) is 5.32 Å². The number of carbonyl (C=O) groups is 2. The average Bonchev–Trinajstić information content (AvgIpc) is 2.66. The molecular formula is C19H18N2O6. The minimum Gasteiger partial charge on any atom is -0.484 e. The number of nitrogens with one attached hydrogen (secondary N) is 1. The summed E-state index contributed by atoms with van der Waals surface area (Å²) in [6.07, 6.45) is 2.93. The number of amides is 1. The van der Waals surface area contributed by atoms with Crippen molar-refractivity contribution in [3.8, 4) is 5.75 Å². The second kappa shape index (κ2) is 9.71. The van der Waals surface area contributed by atoms with Gasteiger partial charge in [0.1, 0.15) is 5.75 Å². The molecule has 0 aromatic heterocycles. The van der Waals surface area contributed by atoms with Gasteiger partial charge in [0, 0.05) is 17.8 Å². The van der Waals surface area contributed by atoms with Crippen molar-refractivity contribution in [2.75, 3.05) is 18.5 Å². The van der Waals surface area contributed by atoms with Gasteiger partial charge in [0.15, 0.2) is 6.61 Å². The van der Waals surface area contributed by atoms with Crippen LogP contribution >= 0.6 is 0 Å². The van der Waals surface area contributed by atoms with Crippen molar-refractivity contribution in [1.82, 2.24) is 0 Å². The van der Waals surface area contributed by atoms with E-state index in [1.165, 1.54) is 30.3 Å². The van der Waals surface area contributed by atoms with E-state index in [0.717, 1.165) is 5.56 Å². The molecule has 140 valence electrons. The third-order valence-corrected chi connectivity index (χ3v) is 3.29. The SMILES string of the molecule is CCOC(=O)/C=C/c1ccc(NC(=O)COc2cccc([N+](=O)[O-])c2)cc1. The number of benzene rings is 2. The van der Waals surface area contributed by atoms with Gasteiger partial charge in [-0.05, 0) is 36.8 Å². The van der Waals surface area contributed by atoms with E-state index in [9.17, 15) is 19.7 Å². The lowest BCUT2D eigenvalue weighted by Crippen LogP contribution is -2.20. The highest BCUT2D eigenvalue weighted by molar-refractivity contribution is 5.92. The Hall–Kier alpha value is -3.68. The van der Waals surface area contributed by atoms with Crippen molar-refractivity contribution < 1.29 is 24.0 Å². The van der Waals surface area contributed by atoms with E-state index in [1.807, 2.05) is 0 Å². The summed E-state index contributed by atoms with van der Waals surface area (Å²) in [4.78, 5) is 33.4. The Labute approximate surface area is 155 Å². The van der Waals surface area contributed by atoms with Crippen molar-refractivity contribution in [3.63, 3.8) is 0 Å². The monoisotopic (exact) mass is 370 g/mol. The third kappa shape index (κ3) is 6.62. The quantitative estimate of drug-likeness (QED) is 0.331. The maximum Gasteiger partial charge on any atom is 0.330 e. The Morgan fingerprint density at radius 1 is 1.19 bits per heavy atom. The molecule has 0 radical (unpaired) electrons. The number of ether oxygens (including phenoxy) is 2. The lowest BCUT2D eigenvalue weighted by atomic mass is 10.2. The largest absolute Gasteiger partial charge is 0.484 e. The molecule has 0 fully saturated rings. The predicted octanol–water partition coefficient (Wildman–Crippen LogP) is 3.19. The molecule has 0 aliphatic carbocycles. The number of nitro groups is 1. The van der Waals surface area contributed by atoms with E-state index in [1.54, 1.807) is 37.3 Å². The molecule has 8 heteroatoms. The number of nitrogens with zero attached hydrogens (tertiary/aromatic N) is 1. The van der Waals surface area contributed by atoms with Gasteiger partial charge >= 0.3 is 5.97 Å². The predicted molar refractivity (Wildman–Crippen MR) is 99.3 cm³/mol. The summed E-state index contributed by atoms with van der Waals surface area (Å²) < 4.78 is 10.1. The van der Waals surface area contributed by atoms with Crippen molar-refractivity contribution in [2.24, 2.45) is 0 Å².